The van der Waals surface area contributed by atoms with Gasteiger partial charge >= 0.3 is 0 Å². The van der Waals surface area contributed by atoms with Crippen molar-refractivity contribution in [1.82, 2.24) is 5.32 Å². The molecule has 1 atom stereocenters. The molecule has 5 heteroatoms. The molecule has 1 N–H and O–H groups in total. The number of rotatable bonds is 2. The number of amidine groups is 1. The van der Waals surface area contributed by atoms with Gasteiger partial charge in [0.05, 0.1) is 17.6 Å². The summed E-state index contributed by atoms with van der Waals surface area (Å²) in [7, 11) is 0.302. The second kappa shape index (κ2) is 4.02. The summed E-state index contributed by atoms with van der Waals surface area (Å²) in [6.07, 6.45) is 0. The Morgan fingerprint density at radius 2 is 2.33 bits per heavy atom. The van der Waals surface area contributed by atoms with Gasteiger partial charge in [-0.3, -0.25) is 0 Å². The first-order chi connectivity index (χ1) is 7.27. The molecule has 1 aliphatic rings. The van der Waals surface area contributed by atoms with E-state index in [0.29, 0.717) is 16.5 Å². The molecule has 1 heterocycles. The zero-order valence-electron chi connectivity index (χ0n) is 8.61. The molecule has 0 saturated carbocycles. The smallest absolute Gasteiger partial charge is 0.175 e. The molecule has 0 aromatic heterocycles. The van der Waals surface area contributed by atoms with Crippen LogP contribution in [0.4, 0.5) is 0 Å². The Labute approximate surface area is 91.0 Å². The predicted octanol–water partition coefficient (Wildman–Crippen LogP) is 1.09. The Balaban J connectivity index is 2.54. The van der Waals surface area contributed by atoms with E-state index in [-0.39, 0.29) is 0 Å². The molecule has 0 radical (unpaired) electrons. The molecule has 80 valence electrons. The average molecular weight is 224 g/mol. The van der Waals surface area contributed by atoms with Crippen LogP contribution in [0.2, 0.25) is 0 Å². The summed E-state index contributed by atoms with van der Waals surface area (Å²) in [4.78, 5) is 0.713. The number of ether oxygens (including phenoxy) is 1. The summed E-state index contributed by atoms with van der Waals surface area (Å²) >= 11 is 0. The molecule has 2 rings (SSSR count). The van der Waals surface area contributed by atoms with Gasteiger partial charge in [0.15, 0.2) is 11.0 Å². The monoisotopic (exact) mass is 224 g/mol. The van der Waals surface area contributed by atoms with Crippen LogP contribution in [0.1, 0.15) is 12.5 Å². The maximum Gasteiger partial charge on any atom is 0.175 e. The summed E-state index contributed by atoms with van der Waals surface area (Å²) in [6.45, 7) is 2.71. The molecule has 15 heavy (non-hydrogen) atoms. The van der Waals surface area contributed by atoms with E-state index in [1.54, 1.807) is 7.11 Å². The average Bonchev–Trinajstić information content (AvgIpc) is 2.57. The predicted molar refractivity (Wildman–Crippen MR) is 59.6 cm³/mol. The largest absolute Gasteiger partial charge is 0.496 e. The summed E-state index contributed by atoms with van der Waals surface area (Å²) in [5.41, 5.74) is 0.820. The Hall–Kier alpha value is -1.36. The van der Waals surface area contributed by atoms with Crippen molar-refractivity contribution < 1.29 is 8.95 Å². The Bertz CT molecular complexity index is 443. The summed E-state index contributed by atoms with van der Waals surface area (Å²) in [5, 5.41) is 3.08. The zero-order chi connectivity index (χ0) is 10.8. The molecule has 1 unspecified atom stereocenters. The molecule has 1 aromatic rings. The topological polar surface area (TPSA) is 50.7 Å². The SMILES string of the molecule is CCNC1=NS(=O)c2cccc(OC)c21. The van der Waals surface area contributed by atoms with Gasteiger partial charge in [0.2, 0.25) is 0 Å². The molecule has 0 bridgehead atoms. The fourth-order valence-corrected chi connectivity index (χ4v) is 2.51. The highest BCUT2D eigenvalue weighted by atomic mass is 32.2. The van der Waals surface area contributed by atoms with Crippen LogP contribution in [-0.2, 0) is 11.0 Å². The van der Waals surface area contributed by atoms with Crippen LogP contribution in [0.25, 0.3) is 0 Å². The van der Waals surface area contributed by atoms with Gasteiger partial charge in [0.25, 0.3) is 0 Å². The number of hydrogen-bond acceptors (Lipinski definition) is 3. The van der Waals surface area contributed by atoms with Crippen LogP contribution in [0.5, 0.6) is 5.75 Å². The first-order valence-corrected chi connectivity index (χ1v) is 5.80. The zero-order valence-corrected chi connectivity index (χ0v) is 9.43. The highest BCUT2D eigenvalue weighted by Crippen LogP contribution is 2.30. The van der Waals surface area contributed by atoms with Crippen molar-refractivity contribution in [2.45, 2.75) is 11.8 Å². The number of hydrogen-bond donors (Lipinski definition) is 1. The Kier molecular flexibility index (Phi) is 2.73. The van der Waals surface area contributed by atoms with E-state index in [1.807, 2.05) is 25.1 Å². The first kappa shape index (κ1) is 10.2. The van der Waals surface area contributed by atoms with Gasteiger partial charge in [-0.1, -0.05) is 6.07 Å². The van der Waals surface area contributed by atoms with Crippen molar-refractivity contribution in [3.8, 4) is 5.75 Å². The Morgan fingerprint density at radius 3 is 3.00 bits per heavy atom. The maximum atomic E-state index is 11.6. The van der Waals surface area contributed by atoms with Crippen molar-refractivity contribution >= 4 is 16.8 Å². The number of fused-ring (bicyclic) bond motifs is 1. The quantitative estimate of drug-likeness (QED) is 0.818. The van der Waals surface area contributed by atoms with Crippen molar-refractivity contribution in [2.24, 2.45) is 4.40 Å². The van der Waals surface area contributed by atoms with Crippen LogP contribution < -0.4 is 10.1 Å². The van der Waals surface area contributed by atoms with Gasteiger partial charge in [-0.15, -0.1) is 0 Å². The molecule has 1 aliphatic heterocycles. The van der Waals surface area contributed by atoms with E-state index >= 15 is 0 Å². The maximum absolute atomic E-state index is 11.6. The van der Waals surface area contributed by atoms with Crippen molar-refractivity contribution in [2.75, 3.05) is 13.7 Å². The van der Waals surface area contributed by atoms with E-state index < -0.39 is 11.0 Å². The van der Waals surface area contributed by atoms with Crippen molar-refractivity contribution in [1.29, 1.82) is 0 Å². The minimum absolute atomic E-state index is 0.656. The summed E-state index contributed by atoms with van der Waals surface area (Å²) in [6, 6.07) is 5.47. The number of benzene rings is 1. The standard InChI is InChI=1S/C10H12N2O2S/c1-3-11-10-9-7(14-2)5-4-6-8(9)15(13)12-10/h4-6H,3H2,1-2H3,(H,11,12). The van der Waals surface area contributed by atoms with E-state index in [0.717, 1.165) is 12.1 Å². The number of nitrogens with one attached hydrogen (secondary N) is 1. The summed E-state index contributed by atoms with van der Waals surface area (Å²) in [5.74, 6) is 1.36. The lowest BCUT2D eigenvalue weighted by Crippen LogP contribution is -2.22. The molecule has 0 saturated heterocycles. The van der Waals surface area contributed by atoms with Gasteiger partial charge < -0.3 is 10.1 Å². The lowest BCUT2D eigenvalue weighted by Gasteiger charge is -2.08. The van der Waals surface area contributed by atoms with Gasteiger partial charge in [-0.25, -0.2) is 4.21 Å². The fraction of sp³-hybridized carbons (Fsp3) is 0.300. The minimum Gasteiger partial charge on any atom is -0.496 e. The van der Waals surface area contributed by atoms with Crippen LogP contribution in [-0.4, -0.2) is 23.7 Å². The molecule has 0 aliphatic carbocycles. The molecule has 4 nitrogen and oxygen atoms in total. The van der Waals surface area contributed by atoms with Crippen molar-refractivity contribution in [3.63, 3.8) is 0 Å². The van der Waals surface area contributed by atoms with E-state index in [4.69, 9.17) is 4.74 Å². The van der Waals surface area contributed by atoms with Crippen molar-refractivity contribution in [3.05, 3.63) is 23.8 Å². The number of methoxy groups -OCH3 is 1. The lowest BCUT2D eigenvalue weighted by atomic mass is 10.2. The van der Waals surface area contributed by atoms with Gasteiger partial charge in [-0.05, 0) is 19.1 Å². The molecule has 0 fully saturated rings. The van der Waals surface area contributed by atoms with Gasteiger partial charge in [-0.2, -0.15) is 4.40 Å². The van der Waals surface area contributed by atoms with Crippen LogP contribution in [0, 0.1) is 0 Å². The normalized spacial score (nSPS) is 18.3. The van der Waals surface area contributed by atoms with E-state index in [2.05, 4.69) is 9.71 Å². The Morgan fingerprint density at radius 1 is 1.53 bits per heavy atom. The van der Waals surface area contributed by atoms with E-state index in [9.17, 15) is 4.21 Å². The highest BCUT2D eigenvalue weighted by Gasteiger charge is 2.25. The van der Waals surface area contributed by atoms with Crippen LogP contribution in [0.3, 0.4) is 0 Å². The van der Waals surface area contributed by atoms with Crippen LogP contribution >= 0.6 is 0 Å². The lowest BCUT2D eigenvalue weighted by molar-refractivity contribution is 0.412. The van der Waals surface area contributed by atoms with E-state index in [1.165, 1.54) is 0 Å². The number of nitrogens with zero attached hydrogens (tertiary/aromatic N) is 1. The molecular formula is C10H12N2O2S. The van der Waals surface area contributed by atoms with Gasteiger partial charge in [0.1, 0.15) is 11.6 Å². The summed E-state index contributed by atoms with van der Waals surface area (Å²) < 4.78 is 20.9. The third-order valence-electron chi connectivity index (χ3n) is 2.15. The minimum atomic E-state index is -1.30. The molecule has 1 aromatic carbocycles. The van der Waals surface area contributed by atoms with Gasteiger partial charge in [0, 0.05) is 6.54 Å². The second-order valence-electron chi connectivity index (χ2n) is 3.05. The fourth-order valence-electron chi connectivity index (χ4n) is 1.53. The third-order valence-corrected chi connectivity index (χ3v) is 3.22. The first-order valence-electron chi connectivity index (χ1n) is 4.69. The molecule has 0 amide bonds. The molecule has 0 spiro atoms. The third kappa shape index (κ3) is 1.63. The highest BCUT2D eigenvalue weighted by molar-refractivity contribution is 7.84. The molecular weight excluding hydrogens is 212 g/mol. The van der Waals surface area contributed by atoms with Crippen LogP contribution in [0.15, 0.2) is 27.5 Å². The second-order valence-corrected chi connectivity index (χ2v) is 4.17.